The third-order valence-corrected chi connectivity index (χ3v) is 14.1. The zero-order valence-electron chi connectivity index (χ0n) is 44.7. The fourth-order valence-electron chi connectivity index (χ4n) is 9.46. The average Bonchev–Trinajstić information content (AvgIpc) is 3.32. The maximum atomic E-state index is 12.4. The molecular weight excluding hydrogens is 815 g/mol. The minimum atomic E-state index is -0.662. The van der Waals surface area contributed by atoms with Gasteiger partial charge in [0, 0.05) is 12.8 Å². The number of carbonyl (C=O) groups is 2. The Morgan fingerprint density at radius 3 is 1.08 bits per heavy atom. The summed E-state index contributed by atoms with van der Waals surface area (Å²) in [5.41, 5.74) is 0. The number of aliphatic hydroxyl groups is 2. The largest absolute Gasteiger partial charge is 0.466 e. The Labute approximate surface area is 412 Å². The number of hydrogen-bond donors (Lipinski definition) is 3. The van der Waals surface area contributed by atoms with Gasteiger partial charge in [0.2, 0.25) is 5.91 Å². The molecule has 392 valence electrons. The smallest absolute Gasteiger partial charge is 0.305 e. The molecule has 0 aliphatic rings. The summed E-state index contributed by atoms with van der Waals surface area (Å²) in [5.74, 6) is -0.0252. The highest BCUT2D eigenvalue weighted by molar-refractivity contribution is 5.76. The van der Waals surface area contributed by atoms with Gasteiger partial charge in [0.15, 0.2) is 0 Å². The second-order valence-electron chi connectivity index (χ2n) is 20.7. The molecule has 2 atom stereocenters. The van der Waals surface area contributed by atoms with Gasteiger partial charge in [-0.3, -0.25) is 9.59 Å². The monoisotopic (exact) mass is 932 g/mol. The van der Waals surface area contributed by atoms with Gasteiger partial charge in [-0.25, -0.2) is 0 Å². The Balaban J connectivity index is 3.34. The molecule has 3 N–H and O–H groups in total. The third kappa shape index (κ3) is 52.0. The zero-order valence-corrected chi connectivity index (χ0v) is 44.7. The van der Waals surface area contributed by atoms with Crippen molar-refractivity contribution in [1.29, 1.82) is 0 Å². The standard InChI is InChI=1S/C60H117NO5/c1-3-5-7-9-11-13-15-16-17-24-28-31-34-38-42-46-50-54-60(65)66-55-51-47-43-39-35-32-29-26-23-21-19-18-20-22-25-27-30-33-37-41-45-49-53-59(64)61-57(56-62)58(63)52-48-44-40-36-14-12-10-8-6-4-2/h16-17,57-58,62-63H,3-15,18-56H2,1-2H3,(H,61,64)/b17-16-. The van der Waals surface area contributed by atoms with Crippen LogP contribution in [0.1, 0.15) is 335 Å². The van der Waals surface area contributed by atoms with Gasteiger partial charge in [0.05, 0.1) is 25.4 Å². The topological polar surface area (TPSA) is 95.9 Å². The highest BCUT2D eigenvalue weighted by Gasteiger charge is 2.20. The molecule has 0 aromatic rings. The third-order valence-electron chi connectivity index (χ3n) is 14.1. The fraction of sp³-hybridized carbons (Fsp3) is 0.933. The molecule has 0 rings (SSSR count). The van der Waals surface area contributed by atoms with Gasteiger partial charge in [0.1, 0.15) is 0 Å². The van der Waals surface area contributed by atoms with Crippen molar-refractivity contribution < 1.29 is 24.5 Å². The number of amides is 1. The quantitative estimate of drug-likeness (QED) is 0.0321. The van der Waals surface area contributed by atoms with Gasteiger partial charge in [0.25, 0.3) is 0 Å². The van der Waals surface area contributed by atoms with E-state index in [2.05, 4.69) is 31.3 Å². The van der Waals surface area contributed by atoms with Crippen LogP contribution in [0.25, 0.3) is 0 Å². The number of rotatable bonds is 56. The molecule has 0 spiro atoms. The summed E-state index contributed by atoms with van der Waals surface area (Å²) in [6.07, 6.45) is 66.5. The average molecular weight is 933 g/mol. The first-order chi connectivity index (χ1) is 32.5. The number of ether oxygens (including phenoxy) is 1. The second-order valence-corrected chi connectivity index (χ2v) is 20.7. The summed E-state index contributed by atoms with van der Waals surface area (Å²) in [6, 6.07) is -0.539. The van der Waals surface area contributed by atoms with Gasteiger partial charge in [-0.05, 0) is 51.4 Å². The molecule has 0 heterocycles. The van der Waals surface area contributed by atoms with Gasteiger partial charge in [-0.1, -0.05) is 283 Å². The summed E-state index contributed by atoms with van der Waals surface area (Å²) < 4.78 is 5.49. The summed E-state index contributed by atoms with van der Waals surface area (Å²) in [6.45, 7) is 4.95. The summed E-state index contributed by atoms with van der Waals surface area (Å²) in [5, 5.41) is 23.1. The summed E-state index contributed by atoms with van der Waals surface area (Å²) >= 11 is 0. The van der Waals surface area contributed by atoms with Crippen molar-refractivity contribution in [2.75, 3.05) is 13.2 Å². The SMILES string of the molecule is CCCCCCCC/C=C\CCCCCCCCCC(=O)OCCCCCCCCCCCCCCCCCCCCCCCCC(=O)NC(CO)C(O)CCCCCCCCCCCC. The molecule has 0 radical (unpaired) electrons. The van der Waals surface area contributed by atoms with Crippen molar-refractivity contribution in [2.45, 2.75) is 347 Å². The predicted molar refractivity (Wildman–Crippen MR) is 287 cm³/mol. The van der Waals surface area contributed by atoms with Crippen LogP contribution in [0.2, 0.25) is 0 Å². The molecule has 6 heteroatoms. The van der Waals surface area contributed by atoms with Gasteiger partial charge in [-0.15, -0.1) is 0 Å². The van der Waals surface area contributed by atoms with Crippen LogP contribution in [-0.2, 0) is 14.3 Å². The van der Waals surface area contributed by atoms with Crippen LogP contribution in [0.5, 0.6) is 0 Å². The van der Waals surface area contributed by atoms with Gasteiger partial charge >= 0.3 is 5.97 Å². The number of allylic oxidation sites excluding steroid dienone is 2. The minimum Gasteiger partial charge on any atom is -0.466 e. The number of aliphatic hydroxyl groups excluding tert-OH is 2. The highest BCUT2D eigenvalue weighted by Crippen LogP contribution is 2.18. The van der Waals surface area contributed by atoms with E-state index in [-0.39, 0.29) is 18.5 Å². The van der Waals surface area contributed by atoms with E-state index in [0.29, 0.717) is 25.9 Å². The molecule has 6 nitrogen and oxygen atoms in total. The lowest BCUT2D eigenvalue weighted by Crippen LogP contribution is -2.45. The van der Waals surface area contributed by atoms with Crippen LogP contribution >= 0.6 is 0 Å². The van der Waals surface area contributed by atoms with E-state index >= 15 is 0 Å². The van der Waals surface area contributed by atoms with Crippen molar-refractivity contribution in [2.24, 2.45) is 0 Å². The molecule has 0 saturated carbocycles. The number of carbonyl (C=O) groups excluding carboxylic acids is 2. The maximum absolute atomic E-state index is 12.4. The van der Waals surface area contributed by atoms with Crippen LogP contribution in [0, 0.1) is 0 Å². The first-order valence-electron chi connectivity index (χ1n) is 29.9. The maximum Gasteiger partial charge on any atom is 0.305 e. The van der Waals surface area contributed by atoms with Crippen LogP contribution in [0.15, 0.2) is 12.2 Å². The first-order valence-corrected chi connectivity index (χ1v) is 29.9. The van der Waals surface area contributed by atoms with Crippen molar-refractivity contribution in [3.8, 4) is 0 Å². The van der Waals surface area contributed by atoms with Gasteiger partial charge < -0.3 is 20.3 Å². The molecule has 0 saturated heterocycles. The Hall–Kier alpha value is -1.40. The second kappa shape index (κ2) is 56.2. The first kappa shape index (κ1) is 64.6. The van der Waals surface area contributed by atoms with Crippen molar-refractivity contribution >= 4 is 11.9 Å². The molecular formula is C60H117NO5. The van der Waals surface area contributed by atoms with Crippen LogP contribution in [0.3, 0.4) is 0 Å². The molecule has 0 aliphatic heterocycles. The van der Waals surface area contributed by atoms with E-state index in [1.54, 1.807) is 0 Å². The lowest BCUT2D eigenvalue weighted by molar-refractivity contribution is -0.143. The molecule has 1 amide bonds. The Kier molecular flexibility index (Phi) is 55.0. The summed E-state index contributed by atoms with van der Waals surface area (Å²) in [7, 11) is 0. The fourth-order valence-corrected chi connectivity index (χ4v) is 9.46. The Bertz CT molecular complexity index is 986. The van der Waals surface area contributed by atoms with E-state index in [0.717, 1.165) is 44.9 Å². The normalized spacial score (nSPS) is 12.6. The van der Waals surface area contributed by atoms with E-state index < -0.39 is 12.1 Å². The lowest BCUT2D eigenvalue weighted by atomic mass is 10.0. The van der Waals surface area contributed by atoms with Gasteiger partial charge in [-0.2, -0.15) is 0 Å². The minimum absolute atomic E-state index is 0.0104. The van der Waals surface area contributed by atoms with Crippen molar-refractivity contribution in [1.82, 2.24) is 5.32 Å². The molecule has 2 unspecified atom stereocenters. The molecule has 0 aromatic heterocycles. The predicted octanol–water partition coefficient (Wildman–Crippen LogP) is 18.5. The number of esters is 1. The molecule has 0 fully saturated rings. The van der Waals surface area contributed by atoms with E-state index in [9.17, 15) is 19.8 Å². The zero-order chi connectivity index (χ0) is 47.9. The van der Waals surface area contributed by atoms with E-state index in [4.69, 9.17) is 4.74 Å². The Morgan fingerprint density at radius 1 is 0.409 bits per heavy atom. The molecule has 0 aliphatic carbocycles. The number of hydrogen-bond acceptors (Lipinski definition) is 5. The highest BCUT2D eigenvalue weighted by atomic mass is 16.5. The molecule has 0 bridgehead atoms. The van der Waals surface area contributed by atoms with E-state index in [1.807, 2.05) is 0 Å². The summed E-state index contributed by atoms with van der Waals surface area (Å²) in [4.78, 5) is 24.5. The van der Waals surface area contributed by atoms with Crippen LogP contribution < -0.4 is 5.32 Å². The van der Waals surface area contributed by atoms with E-state index in [1.165, 1.54) is 257 Å². The van der Waals surface area contributed by atoms with Crippen molar-refractivity contribution in [3.63, 3.8) is 0 Å². The van der Waals surface area contributed by atoms with Crippen molar-refractivity contribution in [3.05, 3.63) is 12.2 Å². The van der Waals surface area contributed by atoms with Crippen LogP contribution in [-0.4, -0.2) is 47.4 Å². The number of unbranched alkanes of at least 4 members (excludes halogenated alkanes) is 43. The van der Waals surface area contributed by atoms with Crippen LogP contribution in [0.4, 0.5) is 0 Å². The Morgan fingerprint density at radius 2 is 0.712 bits per heavy atom. The molecule has 66 heavy (non-hydrogen) atoms. The molecule has 0 aromatic carbocycles. The lowest BCUT2D eigenvalue weighted by Gasteiger charge is -2.22. The number of nitrogens with one attached hydrogen (secondary N) is 1.